The zero-order valence-corrected chi connectivity index (χ0v) is 8.31. The monoisotopic (exact) mass is 280 g/mol. The summed E-state index contributed by atoms with van der Waals surface area (Å²) in [5, 5.41) is 10.4. The Morgan fingerprint density at radius 3 is 2.92 bits per heavy atom. The van der Waals surface area contributed by atoms with Gasteiger partial charge in [-0.1, -0.05) is 0 Å². The minimum absolute atomic E-state index is 0.0325. The third kappa shape index (κ3) is 1.81. The molecule has 0 atom stereocenters. The number of rotatable bonds is 2. The SMILES string of the molecule is COc1cnc(I)c([N+](=O)[O-])c1. The lowest BCUT2D eigenvalue weighted by Crippen LogP contribution is -1.95. The highest BCUT2D eigenvalue weighted by Gasteiger charge is 2.13. The summed E-state index contributed by atoms with van der Waals surface area (Å²) in [5.74, 6) is 0.391. The van der Waals surface area contributed by atoms with E-state index in [0.29, 0.717) is 9.45 Å². The number of aromatic nitrogens is 1. The molecule has 0 saturated carbocycles. The highest BCUT2D eigenvalue weighted by Crippen LogP contribution is 2.22. The minimum Gasteiger partial charge on any atom is -0.495 e. The summed E-state index contributed by atoms with van der Waals surface area (Å²) >= 11 is 1.80. The van der Waals surface area contributed by atoms with Crippen LogP contribution in [0.25, 0.3) is 0 Å². The van der Waals surface area contributed by atoms with Gasteiger partial charge < -0.3 is 4.74 Å². The average molecular weight is 280 g/mol. The van der Waals surface area contributed by atoms with Crippen LogP contribution in [0, 0.1) is 13.8 Å². The minimum atomic E-state index is -0.489. The molecule has 0 aromatic carbocycles. The quantitative estimate of drug-likeness (QED) is 0.357. The predicted molar refractivity (Wildman–Crippen MR) is 50.2 cm³/mol. The van der Waals surface area contributed by atoms with Crippen LogP contribution in [0.4, 0.5) is 5.69 Å². The van der Waals surface area contributed by atoms with E-state index in [1.54, 1.807) is 22.6 Å². The molecule has 0 spiro atoms. The molecule has 5 nitrogen and oxygen atoms in total. The number of methoxy groups -OCH3 is 1. The van der Waals surface area contributed by atoms with Crippen molar-refractivity contribution < 1.29 is 9.66 Å². The highest BCUT2D eigenvalue weighted by molar-refractivity contribution is 14.1. The second-order valence-electron chi connectivity index (χ2n) is 1.94. The van der Waals surface area contributed by atoms with E-state index in [9.17, 15) is 10.1 Å². The first-order valence-electron chi connectivity index (χ1n) is 2.99. The Kier molecular flexibility index (Phi) is 2.79. The molecule has 64 valence electrons. The topological polar surface area (TPSA) is 65.3 Å². The Hall–Kier alpha value is -0.920. The van der Waals surface area contributed by atoms with Crippen molar-refractivity contribution in [2.75, 3.05) is 7.11 Å². The van der Waals surface area contributed by atoms with Crippen molar-refractivity contribution in [3.8, 4) is 5.75 Å². The number of pyridine rings is 1. The van der Waals surface area contributed by atoms with Gasteiger partial charge in [0.15, 0.2) is 3.70 Å². The molecule has 0 aliphatic heterocycles. The van der Waals surface area contributed by atoms with Gasteiger partial charge >= 0.3 is 5.69 Å². The Morgan fingerprint density at radius 1 is 1.75 bits per heavy atom. The van der Waals surface area contributed by atoms with E-state index in [0.717, 1.165) is 0 Å². The van der Waals surface area contributed by atoms with Crippen LogP contribution in [-0.4, -0.2) is 17.0 Å². The van der Waals surface area contributed by atoms with Crippen LogP contribution < -0.4 is 4.74 Å². The molecule has 0 N–H and O–H groups in total. The third-order valence-electron chi connectivity index (χ3n) is 1.23. The van der Waals surface area contributed by atoms with Crippen LogP contribution in [-0.2, 0) is 0 Å². The van der Waals surface area contributed by atoms with Crippen molar-refractivity contribution in [2.45, 2.75) is 0 Å². The van der Waals surface area contributed by atoms with Gasteiger partial charge in [0.2, 0.25) is 0 Å². The molecule has 0 bridgehead atoms. The molecule has 0 unspecified atom stereocenters. The fourth-order valence-corrected chi connectivity index (χ4v) is 1.15. The molecule has 0 aliphatic carbocycles. The summed E-state index contributed by atoms with van der Waals surface area (Å²) in [6, 6.07) is 1.34. The number of ether oxygens (including phenoxy) is 1. The first-order valence-corrected chi connectivity index (χ1v) is 4.07. The second-order valence-corrected chi connectivity index (χ2v) is 2.96. The normalized spacial score (nSPS) is 9.50. The average Bonchev–Trinajstić information content (AvgIpc) is 2.05. The Labute approximate surface area is 82.0 Å². The lowest BCUT2D eigenvalue weighted by atomic mass is 10.4. The van der Waals surface area contributed by atoms with E-state index in [4.69, 9.17) is 4.74 Å². The third-order valence-corrected chi connectivity index (χ3v) is 2.06. The van der Waals surface area contributed by atoms with Crippen LogP contribution in [0.1, 0.15) is 0 Å². The van der Waals surface area contributed by atoms with Crippen molar-refractivity contribution in [2.24, 2.45) is 0 Å². The van der Waals surface area contributed by atoms with Crippen LogP contribution in [0.2, 0.25) is 0 Å². The van der Waals surface area contributed by atoms with E-state index in [1.165, 1.54) is 19.4 Å². The smallest absolute Gasteiger partial charge is 0.304 e. The Balaban J connectivity index is 3.17. The van der Waals surface area contributed by atoms with Crippen molar-refractivity contribution in [1.82, 2.24) is 4.98 Å². The number of hydrogen-bond donors (Lipinski definition) is 0. The van der Waals surface area contributed by atoms with Crippen molar-refractivity contribution in [1.29, 1.82) is 0 Å². The summed E-state index contributed by atoms with van der Waals surface area (Å²) in [4.78, 5) is 13.7. The fourth-order valence-electron chi connectivity index (χ4n) is 0.658. The maximum Gasteiger partial charge on any atom is 0.304 e. The molecular formula is C6H5IN2O3. The zero-order valence-electron chi connectivity index (χ0n) is 6.15. The molecule has 1 aromatic rings. The van der Waals surface area contributed by atoms with Gasteiger partial charge in [0, 0.05) is 0 Å². The lowest BCUT2D eigenvalue weighted by molar-refractivity contribution is -0.386. The van der Waals surface area contributed by atoms with Crippen molar-refractivity contribution in [3.05, 3.63) is 26.1 Å². The summed E-state index contributed by atoms with van der Waals surface area (Å²) in [6.07, 6.45) is 1.44. The number of halogens is 1. The van der Waals surface area contributed by atoms with Gasteiger partial charge in [-0.15, -0.1) is 0 Å². The number of nitro groups is 1. The first kappa shape index (κ1) is 9.17. The summed E-state index contributed by atoms with van der Waals surface area (Å²) < 4.78 is 5.15. The molecule has 0 fully saturated rings. The van der Waals surface area contributed by atoms with E-state index in [2.05, 4.69) is 4.98 Å². The van der Waals surface area contributed by atoms with Gasteiger partial charge in [-0.25, -0.2) is 4.98 Å². The van der Waals surface area contributed by atoms with Gasteiger partial charge in [-0.3, -0.25) is 10.1 Å². The first-order chi connectivity index (χ1) is 5.65. The molecule has 1 rings (SSSR count). The second kappa shape index (κ2) is 3.65. The number of hydrogen-bond acceptors (Lipinski definition) is 4. The molecule has 0 saturated heterocycles. The zero-order chi connectivity index (χ0) is 9.14. The van der Waals surface area contributed by atoms with E-state index in [1.807, 2.05) is 0 Å². The summed E-state index contributed by atoms with van der Waals surface area (Å²) in [5.41, 5.74) is -0.0325. The maximum atomic E-state index is 10.4. The van der Waals surface area contributed by atoms with Crippen LogP contribution in [0.15, 0.2) is 12.3 Å². The van der Waals surface area contributed by atoms with E-state index < -0.39 is 4.92 Å². The molecule has 0 amide bonds. The highest BCUT2D eigenvalue weighted by atomic mass is 127. The lowest BCUT2D eigenvalue weighted by Gasteiger charge is -1.98. The molecule has 0 radical (unpaired) electrons. The van der Waals surface area contributed by atoms with E-state index >= 15 is 0 Å². The van der Waals surface area contributed by atoms with Gasteiger partial charge in [-0.2, -0.15) is 0 Å². The fraction of sp³-hybridized carbons (Fsp3) is 0.167. The summed E-state index contributed by atoms with van der Waals surface area (Å²) in [7, 11) is 1.44. The number of nitrogens with zero attached hydrogens (tertiary/aromatic N) is 2. The van der Waals surface area contributed by atoms with Gasteiger partial charge in [0.1, 0.15) is 5.75 Å². The van der Waals surface area contributed by atoms with E-state index in [-0.39, 0.29) is 5.69 Å². The standard InChI is InChI=1S/C6H5IN2O3/c1-12-4-2-5(9(10)11)6(7)8-3-4/h2-3H,1H3. The molecule has 0 aliphatic rings. The van der Waals surface area contributed by atoms with Gasteiger partial charge in [-0.05, 0) is 22.6 Å². The molecule has 6 heteroatoms. The largest absolute Gasteiger partial charge is 0.495 e. The van der Waals surface area contributed by atoms with Crippen LogP contribution in [0.3, 0.4) is 0 Å². The Morgan fingerprint density at radius 2 is 2.42 bits per heavy atom. The molecule has 12 heavy (non-hydrogen) atoms. The maximum absolute atomic E-state index is 10.4. The van der Waals surface area contributed by atoms with Crippen molar-refractivity contribution in [3.63, 3.8) is 0 Å². The molecular weight excluding hydrogens is 275 g/mol. The predicted octanol–water partition coefficient (Wildman–Crippen LogP) is 1.60. The van der Waals surface area contributed by atoms with Crippen molar-refractivity contribution >= 4 is 28.3 Å². The van der Waals surface area contributed by atoms with Gasteiger partial charge in [0.25, 0.3) is 0 Å². The molecule has 1 aromatic heterocycles. The van der Waals surface area contributed by atoms with Gasteiger partial charge in [0.05, 0.1) is 24.3 Å². The van der Waals surface area contributed by atoms with Crippen LogP contribution in [0.5, 0.6) is 5.75 Å². The Bertz CT molecular complexity index is 316. The molecule has 1 heterocycles. The summed E-state index contributed by atoms with van der Waals surface area (Å²) in [6.45, 7) is 0. The van der Waals surface area contributed by atoms with Crippen LogP contribution >= 0.6 is 22.6 Å².